The first-order valence-electron chi connectivity index (χ1n) is 5.98. The number of halogens is 2. The van der Waals surface area contributed by atoms with Crippen LogP contribution in [0.3, 0.4) is 0 Å². The molecule has 0 unspecified atom stereocenters. The average molecular weight is 351 g/mol. The van der Waals surface area contributed by atoms with Crippen molar-refractivity contribution in [2.24, 2.45) is 0 Å². The maximum atomic E-state index is 13.6. The Bertz CT molecular complexity index is 688. The predicted molar refractivity (Wildman–Crippen MR) is 81.6 cm³/mol. The van der Waals surface area contributed by atoms with Gasteiger partial charge in [-0.3, -0.25) is 0 Å². The van der Waals surface area contributed by atoms with Gasteiger partial charge in [-0.05, 0) is 28.1 Å². The van der Waals surface area contributed by atoms with Crippen LogP contribution in [-0.4, -0.2) is 14.2 Å². The molecule has 0 bridgehead atoms. The highest BCUT2D eigenvalue weighted by molar-refractivity contribution is 9.10. The maximum Gasteiger partial charge on any atom is 0.143 e. The summed E-state index contributed by atoms with van der Waals surface area (Å²) in [6.07, 6.45) is 0. The lowest BCUT2D eigenvalue weighted by atomic mass is 10.1. The summed E-state index contributed by atoms with van der Waals surface area (Å²) < 4.78 is 24.7. The number of methoxy groups -OCH3 is 2. The number of nitrogens with zero attached hydrogens (tertiary/aromatic N) is 1. The molecule has 1 N–H and O–H groups in total. The van der Waals surface area contributed by atoms with Gasteiger partial charge in [0.25, 0.3) is 0 Å². The van der Waals surface area contributed by atoms with Gasteiger partial charge in [0.2, 0.25) is 0 Å². The zero-order valence-electron chi connectivity index (χ0n) is 11.4. The fourth-order valence-corrected chi connectivity index (χ4v) is 2.39. The Labute approximate surface area is 130 Å². The second kappa shape index (κ2) is 6.46. The fraction of sp³-hybridized carbons (Fsp3) is 0.133. The number of hydrogen-bond acceptors (Lipinski definition) is 4. The molecule has 0 aliphatic heterocycles. The molecule has 0 spiro atoms. The van der Waals surface area contributed by atoms with E-state index < -0.39 is 5.82 Å². The molecule has 0 aliphatic carbocycles. The van der Waals surface area contributed by atoms with Gasteiger partial charge in [-0.25, -0.2) is 4.39 Å². The first-order valence-corrected chi connectivity index (χ1v) is 6.77. The van der Waals surface area contributed by atoms with E-state index in [1.165, 1.54) is 26.4 Å². The summed E-state index contributed by atoms with van der Waals surface area (Å²) in [5, 5.41) is 12.0. The second-order valence-corrected chi connectivity index (χ2v) is 4.89. The lowest BCUT2D eigenvalue weighted by Gasteiger charge is -2.14. The van der Waals surface area contributed by atoms with Crippen molar-refractivity contribution in [1.29, 1.82) is 5.26 Å². The Balaban J connectivity index is 2.45. The van der Waals surface area contributed by atoms with Crippen LogP contribution in [0.15, 0.2) is 34.8 Å². The normalized spacial score (nSPS) is 9.86. The van der Waals surface area contributed by atoms with Crippen molar-refractivity contribution < 1.29 is 13.9 Å². The summed E-state index contributed by atoms with van der Waals surface area (Å²) >= 11 is 3.37. The van der Waals surface area contributed by atoms with E-state index in [1.807, 2.05) is 6.07 Å². The number of hydrogen-bond donors (Lipinski definition) is 1. The van der Waals surface area contributed by atoms with Crippen LogP contribution in [0.5, 0.6) is 11.5 Å². The predicted octanol–water partition coefficient (Wildman–Crippen LogP) is 4.22. The molecule has 2 rings (SSSR count). The third-order valence-electron chi connectivity index (χ3n) is 2.85. The topological polar surface area (TPSA) is 54.3 Å². The molecule has 0 aromatic heterocycles. The van der Waals surface area contributed by atoms with Gasteiger partial charge in [-0.1, -0.05) is 6.07 Å². The molecule has 2 aromatic carbocycles. The Hall–Kier alpha value is -2.26. The smallest absolute Gasteiger partial charge is 0.143 e. The largest absolute Gasteiger partial charge is 0.495 e. The van der Waals surface area contributed by atoms with Gasteiger partial charge in [0, 0.05) is 17.8 Å². The molecule has 0 saturated carbocycles. The highest BCUT2D eigenvalue weighted by Gasteiger charge is 2.12. The Morgan fingerprint density at radius 1 is 1.19 bits per heavy atom. The second-order valence-electron chi connectivity index (χ2n) is 4.09. The fourth-order valence-electron chi connectivity index (χ4n) is 1.84. The van der Waals surface area contributed by atoms with E-state index in [4.69, 9.17) is 14.7 Å². The molecule has 4 nitrogen and oxygen atoms in total. The third kappa shape index (κ3) is 3.09. The van der Waals surface area contributed by atoms with Crippen LogP contribution in [0.4, 0.5) is 15.8 Å². The lowest BCUT2D eigenvalue weighted by Crippen LogP contribution is -1.98. The van der Waals surface area contributed by atoms with Crippen LogP contribution in [0, 0.1) is 17.1 Å². The molecular formula is C15H12BrFN2O2. The molecular weight excluding hydrogens is 339 g/mol. The van der Waals surface area contributed by atoms with Gasteiger partial charge in [-0.15, -0.1) is 0 Å². The number of anilines is 2. The summed E-state index contributed by atoms with van der Waals surface area (Å²) in [6, 6.07) is 9.69. The minimum absolute atomic E-state index is 0.0432. The Kier molecular flexibility index (Phi) is 4.66. The minimum atomic E-state index is -0.571. The SMILES string of the molecule is COc1cc(Nc2cccc(F)c2C#N)cc(OC)c1Br. The maximum absolute atomic E-state index is 13.6. The van der Waals surface area contributed by atoms with Gasteiger partial charge in [0.1, 0.15) is 33.4 Å². The molecule has 0 atom stereocenters. The summed E-state index contributed by atoms with van der Waals surface area (Å²) in [7, 11) is 3.07. The van der Waals surface area contributed by atoms with Crippen LogP contribution in [0.1, 0.15) is 5.56 Å². The number of nitrogens with one attached hydrogen (secondary N) is 1. The van der Waals surface area contributed by atoms with Gasteiger partial charge in [0.15, 0.2) is 0 Å². The van der Waals surface area contributed by atoms with E-state index in [0.717, 1.165) is 0 Å². The van der Waals surface area contributed by atoms with Gasteiger partial charge < -0.3 is 14.8 Å². The molecule has 6 heteroatoms. The van der Waals surface area contributed by atoms with Gasteiger partial charge >= 0.3 is 0 Å². The molecule has 0 aliphatic rings. The number of rotatable bonds is 4. The van der Waals surface area contributed by atoms with Crippen LogP contribution < -0.4 is 14.8 Å². The Morgan fingerprint density at radius 2 is 1.81 bits per heavy atom. The highest BCUT2D eigenvalue weighted by Crippen LogP contribution is 2.38. The van der Waals surface area contributed by atoms with Crippen molar-refractivity contribution >= 4 is 27.3 Å². The number of nitriles is 1. The molecule has 0 saturated heterocycles. The van der Waals surface area contributed by atoms with E-state index in [2.05, 4.69) is 21.2 Å². The van der Waals surface area contributed by atoms with Crippen molar-refractivity contribution in [2.45, 2.75) is 0 Å². The summed E-state index contributed by atoms with van der Waals surface area (Å²) in [6.45, 7) is 0. The Morgan fingerprint density at radius 3 is 2.33 bits per heavy atom. The average Bonchev–Trinajstić information content (AvgIpc) is 2.49. The van der Waals surface area contributed by atoms with Crippen molar-refractivity contribution in [2.75, 3.05) is 19.5 Å². The molecule has 0 fully saturated rings. The van der Waals surface area contributed by atoms with Gasteiger partial charge in [-0.2, -0.15) is 5.26 Å². The van der Waals surface area contributed by atoms with E-state index in [9.17, 15) is 4.39 Å². The van der Waals surface area contributed by atoms with Crippen LogP contribution >= 0.6 is 15.9 Å². The number of benzene rings is 2. The quantitative estimate of drug-likeness (QED) is 0.896. The molecule has 2 aromatic rings. The summed E-state index contributed by atoms with van der Waals surface area (Å²) in [5.74, 6) is 0.553. The molecule has 108 valence electrons. The van der Waals surface area contributed by atoms with Crippen molar-refractivity contribution in [3.05, 3.63) is 46.2 Å². The van der Waals surface area contributed by atoms with E-state index in [0.29, 0.717) is 27.3 Å². The zero-order chi connectivity index (χ0) is 15.4. The molecule has 0 amide bonds. The van der Waals surface area contributed by atoms with Crippen LogP contribution in [0.25, 0.3) is 0 Å². The van der Waals surface area contributed by atoms with Crippen LogP contribution in [-0.2, 0) is 0 Å². The zero-order valence-corrected chi connectivity index (χ0v) is 13.0. The van der Waals surface area contributed by atoms with Gasteiger partial charge in [0.05, 0.1) is 19.9 Å². The first kappa shape index (κ1) is 15.1. The minimum Gasteiger partial charge on any atom is -0.495 e. The van der Waals surface area contributed by atoms with Crippen molar-refractivity contribution in [1.82, 2.24) is 0 Å². The monoisotopic (exact) mass is 350 g/mol. The van der Waals surface area contributed by atoms with Crippen molar-refractivity contribution in [3.8, 4) is 17.6 Å². The molecule has 0 heterocycles. The lowest BCUT2D eigenvalue weighted by molar-refractivity contribution is 0.390. The summed E-state index contributed by atoms with van der Waals surface area (Å²) in [5.41, 5.74) is 0.955. The van der Waals surface area contributed by atoms with E-state index in [1.54, 1.807) is 18.2 Å². The highest BCUT2D eigenvalue weighted by atomic mass is 79.9. The number of ether oxygens (including phenoxy) is 2. The standard InChI is InChI=1S/C15H12BrFN2O2/c1-20-13-6-9(7-14(21-2)15(13)16)19-12-5-3-4-11(17)10(12)8-18/h3-7,19H,1-2H3. The first-order chi connectivity index (χ1) is 10.1. The third-order valence-corrected chi connectivity index (χ3v) is 3.63. The van der Waals surface area contributed by atoms with E-state index in [-0.39, 0.29) is 5.56 Å². The molecule has 0 radical (unpaired) electrons. The molecule has 21 heavy (non-hydrogen) atoms. The van der Waals surface area contributed by atoms with Crippen molar-refractivity contribution in [3.63, 3.8) is 0 Å². The summed E-state index contributed by atoms with van der Waals surface area (Å²) in [4.78, 5) is 0. The van der Waals surface area contributed by atoms with E-state index >= 15 is 0 Å². The van der Waals surface area contributed by atoms with Crippen LogP contribution in [0.2, 0.25) is 0 Å².